The first-order valence-electron chi connectivity index (χ1n) is 9.74. The molecule has 3 amide bonds. The molecular formula is C21H26N4O5. The molecule has 2 fully saturated rings. The van der Waals surface area contributed by atoms with Gasteiger partial charge in [-0.15, -0.1) is 0 Å². The Morgan fingerprint density at radius 1 is 1.23 bits per heavy atom. The summed E-state index contributed by atoms with van der Waals surface area (Å²) in [5.74, 6) is 5.42. The van der Waals surface area contributed by atoms with Crippen LogP contribution < -0.4 is 0 Å². The molecule has 30 heavy (non-hydrogen) atoms. The van der Waals surface area contributed by atoms with Crippen LogP contribution in [0.5, 0.6) is 0 Å². The highest BCUT2D eigenvalue weighted by Gasteiger charge is 2.42. The van der Waals surface area contributed by atoms with Crippen molar-refractivity contribution >= 4 is 18.1 Å². The fraction of sp³-hybridized carbons (Fsp3) is 0.524. The molecule has 3 heterocycles. The predicted molar refractivity (Wildman–Crippen MR) is 108 cm³/mol. The average molecular weight is 414 g/mol. The van der Waals surface area contributed by atoms with Gasteiger partial charge in [-0.25, -0.2) is 19.4 Å². The first-order chi connectivity index (χ1) is 14.2. The third-order valence-corrected chi connectivity index (χ3v) is 4.74. The molecule has 1 aromatic heterocycles. The summed E-state index contributed by atoms with van der Waals surface area (Å²) in [4.78, 5) is 45.5. The second-order valence-corrected chi connectivity index (χ2v) is 8.16. The molecule has 0 unspecified atom stereocenters. The van der Waals surface area contributed by atoms with Gasteiger partial charge in [-0.05, 0) is 32.9 Å². The van der Waals surface area contributed by atoms with Crippen LogP contribution in [0.25, 0.3) is 0 Å². The lowest BCUT2D eigenvalue weighted by atomic mass is 10.2. The number of nitrogens with zero attached hydrogens (tertiary/aromatic N) is 4. The van der Waals surface area contributed by atoms with Crippen molar-refractivity contribution in [3.63, 3.8) is 0 Å². The first-order valence-corrected chi connectivity index (χ1v) is 9.74. The topological polar surface area (TPSA) is 92.3 Å². The Hall–Kier alpha value is -3.28. The van der Waals surface area contributed by atoms with Gasteiger partial charge in [0.25, 0.3) is 0 Å². The SMILES string of the molecule is COC(=O)c1ccc(C#CCN2C[C@@H]3CN(C(=O)OC(C)(C)C)CCN3C2=O)cn1. The number of hydrogen-bond acceptors (Lipinski definition) is 6. The van der Waals surface area contributed by atoms with E-state index in [0.717, 1.165) is 0 Å². The van der Waals surface area contributed by atoms with Crippen LogP contribution in [0, 0.1) is 11.8 Å². The van der Waals surface area contributed by atoms with Gasteiger partial charge in [0.1, 0.15) is 11.3 Å². The number of methoxy groups -OCH3 is 1. The smallest absolute Gasteiger partial charge is 0.410 e. The Morgan fingerprint density at radius 2 is 2.00 bits per heavy atom. The second kappa shape index (κ2) is 8.61. The van der Waals surface area contributed by atoms with Crippen molar-refractivity contribution in [1.82, 2.24) is 19.7 Å². The molecule has 0 radical (unpaired) electrons. The molecular weight excluding hydrogens is 388 g/mol. The Bertz CT molecular complexity index is 881. The first kappa shape index (κ1) is 21.4. The molecule has 2 saturated heterocycles. The van der Waals surface area contributed by atoms with E-state index in [1.165, 1.54) is 13.3 Å². The molecule has 2 aliphatic heterocycles. The Labute approximate surface area is 175 Å². The van der Waals surface area contributed by atoms with E-state index in [9.17, 15) is 14.4 Å². The standard InChI is InChI=1S/C21H26N4O5/c1-21(2,3)30-20(28)24-10-11-25-16(14-24)13-23(19(25)27)9-5-6-15-7-8-17(22-12-15)18(26)29-4/h7-8,12,16H,9-11,13-14H2,1-4H3/t16-/m1/s1. The van der Waals surface area contributed by atoms with E-state index < -0.39 is 11.6 Å². The van der Waals surface area contributed by atoms with Gasteiger partial charge in [-0.2, -0.15) is 0 Å². The van der Waals surface area contributed by atoms with E-state index in [4.69, 9.17) is 4.74 Å². The van der Waals surface area contributed by atoms with Gasteiger partial charge in [0.05, 0.1) is 19.7 Å². The highest BCUT2D eigenvalue weighted by atomic mass is 16.6. The van der Waals surface area contributed by atoms with E-state index >= 15 is 0 Å². The van der Waals surface area contributed by atoms with Crippen molar-refractivity contribution in [2.24, 2.45) is 0 Å². The van der Waals surface area contributed by atoms with Gasteiger partial charge in [-0.3, -0.25) is 0 Å². The predicted octanol–water partition coefficient (Wildman–Crippen LogP) is 1.58. The Kier molecular flexibility index (Phi) is 6.15. The maximum atomic E-state index is 12.6. The third kappa shape index (κ3) is 5.00. The van der Waals surface area contributed by atoms with E-state index in [0.29, 0.717) is 31.7 Å². The highest BCUT2D eigenvalue weighted by molar-refractivity contribution is 5.87. The molecule has 9 nitrogen and oxygen atoms in total. The van der Waals surface area contributed by atoms with Crippen molar-refractivity contribution in [3.8, 4) is 11.8 Å². The second-order valence-electron chi connectivity index (χ2n) is 8.16. The minimum atomic E-state index is -0.550. The molecule has 160 valence electrons. The molecule has 0 saturated carbocycles. The molecule has 9 heteroatoms. The fourth-order valence-corrected chi connectivity index (χ4v) is 3.33. The number of pyridine rings is 1. The van der Waals surface area contributed by atoms with E-state index in [-0.39, 0.29) is 30.4 Å². The van der Waals surface area contributed by atoms with Crippen LogP contribution in [0.15, 0.2) is 18.3 Å². The maximum absolute atomic E-state index is 12.6. The minimum Gasteiger partial charge on any atom is -0.464 e. The van der Waals surface area contributed by atoms with E-state index in [1.54, 1.807) is 26.8 Å². The Morgan fingerprint density at radius 3 is 2.63 bits per heavy atom. The van der Waals surface area contributed by atoms with Crippen LogP contribution in [-0.2, 0) is 9.47 Å². The number of ether oxygens (including phenoxy) is 2. The van der Waals surface area contributed by atoms with Gasteiger partial charge >= 0.3 is 18.1 Å². The van der Waals surface area contributed by atoms with Gasteiger partial charge < -0.3 is 24.2 Å². The third-order valence-electron chi connectivity index (χ3n) is 4.74. The Balaban J connectivity index is 1.56. The van der Waals surface area contributed by atoms with E-state index in [1.807, 2.05) is 20.8 Å². The normalized spacial score (nSPS) is 18.5. The highest BCUT2D eigenvalue weighted by Crippen LogP contribution is 2.21. The number of esters is 1. The number of carbonyl (C=O) groups excluding carboxylic acids is 3. The molecule has 1 aromatic rings. The summed E-state index contributed by atoms with van der Waals surface area (Å²) in [5, 5.41) is 0. The molecule has 0 bridgehead atoms. The number of urea groups is 1. The van der Waals surface area contributed by atoms with Gasteiger partial charge in [0.2, 0.25) is 0 Å². The molecule has 0 aliphatic carbocycles. The quantitative estimate of drug-likeness (QED) is 0.539. The zero-order valence-corrected chi connectivity index (χ0v) is 17.7. The van der Waals surface area contributed by atoms with Crippen molar-refractivity contribution < 1.29 is 23.9 Å². The number of rotatable bonds is 2. The zero-order valence-electron chi connectivity index (χ0n) is 17.7. The average Bonchev–Trinajstić information content (AvgIpc) is 3.01. The zero-order chi connectivity index (χ0) is 21.9. The number of carbonyl (C=O) groups is 3. The molecule has 0 aromatic carbocycles. The summed E-state index contributed by atoms with van der Waals surface area (Å²) in [7, 11) is 1.30. The van der Waals surface area contributed by atoms with E-state index in [2.05, 4.69) is 21.6 Å². The summed E-state index contributed by atoms with van der Waals surface area (Å²) >= 11 is 0. The van der Waals surface area contributed by atoms with Crippen molar-refractivity contribution in [2.45, 2.75) is 32.4 Å². The monoisotopic (exact) mass is 414 g/mol. The van der Waals surface area contributed by atoms with Crippen LogP contribution in [0.4, 0.5) is 9.59 Å². The fourth-order valence-electron chi connectivity index (χ4n) is 3.33. The summed E-state index contributed by atoms with van der Waals surface area (Å²) in [6.45, 7) is 7.66. The van der Waals surface area contributed by atoms with Gasteiger partial charge in [-0.1, -0.05) is 11.8 Å². The number of hydrogen-bond donors (Lipinski definition) is 0. The summed E-state index contributed by atoms with van der Waals surface area (Å²) in [5.41, 5.74) is 0.304. The molecule has 0 N–H and O–H groups in total. The van der Waals surface area contributed by atoms with Crippen LogP contribution >= 0.6 is 0 Å². The lowest BCUT2D eigenvalue weighted by Crippen LogP contribution is -2.54. The lowest BCUT2D eigenvalue weighted by Gasteiger charge is -2.37. The number of fused-ring (bicyclic) bond motifs is 1. The largest absolute Gasteiger partial charge is 0.464 e. The van der Waals surface area contributed by atoms with Crippen LogP contribution in [0.3, 0.4) is 0 Å². The van der Waals surface area contributed by atoms with Gasteiger partial charge in [0, 0.05) is 37.9 Å². The van der Waals surface area contributed by atoms with Crippen molar-refractivity contribution in [3.05, 3.63) is 29.6 Å². The molecule has 2 aliphatic rings. The molecule has 1 atom stereocenters. The lowest BCUT2D eigenvalue weighted by molar-refractivity contribution is 0.0127. The number of amides is 3. The van der Waals surface area contributed by atoms with Crippen LogP contribution in [0.1, 0.15) is 36.8 Å². The summed E-state index contributed by atoms with van der Waals surface area (Å²) in [6, 6.07) is 3.08. The summed E-state index contributed by atoms with van der Waals surface area (Å²) < 4.78 is 10.0. The molecule has 0 spiro atoms. The van der Waals surface area contributed by atoms with Crippen molar-refractivity contribution in [2.75, 3.05) is 39.8 Å². The maximum Gasteiger partial charge on any atom is 0.410 e. The van der Waals surface area contributed by atoms with Gasteiger partial charge in [0.15, 0.2) is 0 Å². The van der Waals surface area contributed by atoms with Crippen LogP contribution in [-0.4, -0.2) is 89.3 Å². The minimum absolute atomic E-state index is 0.0680. The number of aromatic nitrogens is 1. The molecule has 3 rings (SSSR count). The van der Waals surface area contributed by atoms with Crippen LogP contribution in [0.2, 0.25) is 0 Å². The van der Waals surface area contributed by atoms with Crippen molar-refractivity contribution in [1.29, 1.82) is 0 Å². The number of piperazine rings is 1. The summed E-state index contributed by atoms with van der Waals surface area (Å²) in [6.07, 6.45) is 1.14.